The molecule has 3 aliphatic rings. The number of aromatic nitrogens is 3. The Balaban J connectivity index is 1.45. The lowest BCUT2D eigenvalue weighted by atomic mass is 9.93. The van der Waals surface area contributed by atoms with E-state index in [9.17, 15) is 9.59 Å². The number of nitrogens with zero attached hydrogens (tertiary/aromatic N) is 5. The predicted molar refractivity (Wildman–Crippen MR) is 115 cm³/mol. The van der Waals surface area contributed by atoms with Gasteiger partial charge in [0.1, 0.15) is 10.7 Å². The minimum atomic E-state index is -0.168. The van der Waals surface area contributed by atoms with Gasteiger partial charge in [-0.3, -0.25) is 9.59 Å². The molecule has 5 rings (SSSR count). The molecule has 2 aromatic heterocycles. The van der Waals surface area contributed by atoms with Crippen LogP contribution in [0.3, 0.4) is 0 Å². The second-order valence-corrected chi connectivity index (χ2v) is 8.74. The average Bonchev–Trinajstić information content (AvgIpc) is 3.11. The predicted octanol–water partition coefficient (Wildman–Crippen LogP) is 2.50. The van der Waals surface area contributed by atoms with E-state index in [0.29, 0.717) is 29.6 Å². The van der Waals surface area contributed by atoms with Gasteiger partial charge >= 0.3 is 0 Å². The van der Waals surface area contributed by atoms with Crippen LogP contribution in [0.5, 0.6) is 0 Å². The first-order chi connectivity index (χ1) is 14.4. The van der Waals surface area contributed by atoms with Crippen LogP contribution < -0.4 is 20.4 Å². The molecule has 0 bridgehead atoms. The van der Waals surface area contributed by atoms with Crippen molar-refractivity contribution in [2.45, 2.75) is 32.2 Å². The first kappa shape index (κ1) is 18.7. The van der Waals surface area contributed by atoms with Gasteiger partial charge in [-0.15, -0.1) is 11.3 Å². The van der Waals surface area contributed by atoms with Gasteiger partial charge in [-0.1, -0.05) is 12.2 Å². The molecule has 4 heterocycles. The third-order valence-corrected chi connectivity index (χ3v) is 6.54. The first-order valence-corrected chi connectivity index (χ1v) is 10.6. The van der Waals surface area contributed by atoms with E-state index in [1.165, 1.54) is 11.3 Å². The normalized spacial score (nSPS) is 20.4. The number of carbonyl (C=O) groups is 2. The van der Waals surface area contributed by atoms with E-state index in [4.69, 9.17) is 4.98 Å². The second kappa shape index (κ2) is 6.91. The largest absolute Gasteiger partial charge is 0.348 e. The molecule has 1 aliphatic carbocycles. The van der Waals surface area contributed by atoms with E-state index < -0.39 is 0 Å². The summed E-state index contributed by atoms with van der Waals surface area (Å²) in [5.74, 6) is 1.04. The third kappa shape index (κ3) is 3.04. The molecule has 1 atom stereocenters. The van der Waals surface area contributed by atoms with Gasteiger partial charge in [-0.2, -0.15) is 4.98 Å². The van der Waals surface area contributed by atoms with Crippen molar-refractivity contribution < 1.29 is 9.59 Å². The van der Waals surface area contributed by atoms with Crippen molar-refractivity contribution in [3.05, 3.63) is 40.3 Å². The van der Waals surface area contributed by atoms with Crippen LogP contribution >= 0.6 is 11.3 Å². The lowest BCUT2D eigenvalue weighted by Crippen LogP contribution is -2.32. The molecule has 2 amide bonds. The smallest absolute Gasteiger partial charge is 0.279 e. The van der Waals surface area contributed by atoms with Gasteiger partial charge in [0.05, 0.1) is 17.2 Å². The fourth-order valence-corrected chi connectivity index (χ4v) is 4.79. The number of allylic oxidation sites excluding steroid dienone is 1. The van der Waals surface area contributed by atoms with Crippen molar-refractivity contribution >= 4 is 45.6 Å². The number of hydrogen-bond acceptors (Lipinski definition) is 8. The van der Waals surface area contributed by atoms with Crippen LogP contribution in [-0.2, 0) is 4.79 Å². The lowest BCUT2D eigenvalue weighted by Gasteiger charge is -2.27. The Morgan fingerprint density at radius 1 is 1.20 bits per heavy atom. The number of piperidine rings is 1. The minimum absolute atomic E-state index is 0.0356. The standard InChI is InChI=1S/C20H21N7O2S/c1-10-22-16-18(29)26(2)14-9-21-20(25-17(14)27(3)19(16)30-10)23-12-5-6-13-11(8-12)4-7-15(28)24-13/h6,8-9,12H,4-5,7H2,1-3H3,(H,24,28)(H,21,23,25). The summed E-state index contributed by atoms with van der Waals surface area (Å²) in [6, 6.07) is 0.0356. The summed E-state index contributed by atoms with van der Waals surface area (Å²) < 4.78 is 0. The third-order valence-electron chi connectivity index (χ3n) is 5.49. The van der Waals surface area contributed by atoms with Crippen LogP contribution in [0.1, 0.15) is 34.8 Å². The molecule has 0 saturated carbocycles. The zero-order valence-corrected chi connectivity index (χ0v) is 17.7. The number of anilines is 4. The molecule has 2 aromatic rings. The summed E-state index contributed by atoms with van der Waals surface area (Å²) in [5, 5.41) is 7.91. The van der Waals surface area contributed by atoms with Crippen molar-refractivity contribution in [3.8, 4) is 0 Å². The van der Waals surface area contributed by atoms with E-state index in [1.807, 2.05) is 24.9 Å². The molecule has 30 heavy (non-hydrogen) atoms. The van der Waals surface area contributed by atoms with Crippen LogP contribution in [0.15, 0.2) is 29.6 Å². The number of nitrogens with one attached hydrogen (secondary N) is 2. The maximum Gasteiger partial charge on any atom is 0.279 e. The molecular formula is C20H21N7O2S. The maximum atomic E-state index is 12.8. The van der Waals surface area contributed by atoms with Gasteiger partial charge in [0.25, 0.3) is 5.91 Å². The molecule has 0 radical (unpaired) electrons. The quantitative estimate of drug-likeness (QED) is 0.765. The highest BCUT2D eigenvalue weighted by atomic mass is 32.1. The number of aryl methyl sites for hydroxylation is 1. The molecule has 0 aromatic carbocycles. The number of thiazole rings is 1. The van der Waals surface area contributed by atoms with Gasteiger partial charge < -0.3 is 20.4 Å². The maximum absolute atomic E-state index is 12.8. The van der Waals surface area contributed by atoms with Crippen LogP contribution in [0.4, 0.5) is 22.5 Å². The van der Waals surface area contributed by atoms with Crippen molar-refractivity contribution in [3.63, 3.8) is 0 Å². The zero-order valence-electron chi connectivity index (χ0n) is 16.9. The van der Waals surface area contributed by atoms with Crippen molar-refractivity contribution in [2.24, 2.45) is 0 Å². The molecule has 154 valence electrons. The topological polar surface area (TPSA) is 103 Å². The van der Waals surface area contributed by atoms with Crippen LogP contribution in [0.2, 0.25) is 0 Å². The Bertz CT molecular complexity index is 1140. The van der Waals surface area contributed by atoms with E-state index >= 15 is 0 Å². The van der Waals surface area contributed by atoms with Crippen molar-refractivity contribution in [1.29, 1.82) is 0 Å². The zero-order chi connectivity index (χ0) is 21.0. The number of amides is 2. The highest BCUT2D eigenvalue weighted by molar-refractivity contribution is 7.16. The summed E-state index contributed by atoms with van der Waals surface area (Å²) in [6.45, 7) is 1.89. The van der Waals surface area contributed by atoms with Gasteiger partial charge in [-0.05, 0) is 25.3 Å². The Morgan fingerprint density at radius 3 is 2.87 bits per heavy atom. The molecule has 9 nitrogen and oxygen atoms in total. The monoisotopic (exact) mass is 423 g/mol. The lowest BCUT2D eigenvalue weighted by molar-refractivity contribution is -0.120. The Hall–Kier alpha value is -3.27. The summed E-state index contributed by atoms with van der Waals surface area (Å²) in [5.41, 5.74) is 3.12. The summed E-state index contributed by atoms with van der Waals surface area (Å²) in [4.78, 5) is 41.5. The van der Waals surface area contributed by atoms with Gasteiger partial charge in [0.15, 0.2) is 11.5 Å². The summed E-state index contributed by atoms with van der Waals surface area (Å²) in [6.07, 6.45) is 7.82. The van der Waals surface area contributed by atoms with Gasteiger partial charge in [0, 0.05) is 26.2 Å². The van der Waals surface area contributed by atoms with Crippen molar-refractivity contribution in [2.75, 3.05) is 29.2 Å². The second-order valence-electron chi connectivity index (χ2n) is 7.56. The fourth-order valence-electron chi connectivity index (χ4n) is 3.92. The summed E-state index contributed by atoms with van der Waals surface area (Å²) in [7, 11) is 3.60. The summed E-state index contributed by atoms with van der Waals surface area (Å²) >= 11 is 1.47. The average molecular weight is 424 g/mol. The van der Waals surface area contributed by atoms with E-state index in [1.54, 1.807) is 18.1 Å². The number of fused-ring (bicyclic) bond motifs is 3. The van der Waals surface area contributed by atoms with Gasteiger partial charge in [-0.25, -0.2) is 9.97 Å². The molecule has 1 saturated heterocycles. The van der Waals surface area contributed by atoms with E-state index in [2.05, 4.69) is 26.7 Å². The van der Waals surface area contributed by atoms with Crippen LogP contribution in [-0.4, -0.2) is 46.9 Å². The molecule has 2 N–H and O–H groups in total. The highest BCUT2D eigenvalue weighted by Crippen LogP contribution is 2.40. The molecule has 1 unspecified atom stereocenters. The number of rotatable bonds is 2. The minimum Gasteiger partial charge on any atom is -0.348 e. The SMILES string of the molecule is Cc1nc2c(s1)N(C)c1nc(NC3C=C4CCC(=O)NC4=CC3)ncc1N(C)C2=O. The molecule has 10 heteroatoms. The molecular weight excluding hydrogens is 402 g/mol. The number of hydrogen-bond donors (Lipinski definition) is 2. The molecule has 0 spiro atoms. The Morgan fingerprint density at radius 2 is 2.03 bits per heavy atom. The van der Waals surface area contributed by atoms with Crippen LogP contribution in [0.25, 0.3) is 0 Å². The van der Waals surface area contributed by atoms with Crippen LogP contribution in [0, 0.1) is 6.92 Å². The Labute approximate surface area is 177 Å². The van der Waals surface area contributed by atoms with E-state index in [0.717, 1.165) is 34.1 Å². The van der Waals surface area contributed by atoms with Crippen molar-refractivity contribution in [1.82, 2.24) is 20.3 Å². The molecule has 1 fully saturated rings. The first-order valence-electron chi connectivity index (χ1n) is 9.74. The number of carbonyl (C=O) groups excluding carboxylic acids is 2. The van der Waals surface area contributed by atoms with Gasteiger partial charge in [0.2, 0.25) is 11.9 Å². The Kier molecular flexibility index (Phi) is 4.31. The fraction of sp³-hybridized carbons (Fsp3) is 0.350. The van der Waals surface area contributed by atoms with E-state index in [-0.39, 0.29) is 17.9 Å². The molecule has 2 aliphatic heterocycles. The highest BCUT2D eigenvalue weighted by Gasteiger charge is 2.32.